The third kappa shape index (κ3) is 31.8. The summed E-state index contributed by atoms with van der Waals surface area (Å²) in [6.07, 6.45) is 10.4. The molecular formula is C116H120Ir4N12O4-6. The summed E-state index contributed by atoms with van der Waals surface area (Å²) < 4.78 is 0. The van der Waals surface area contributed by atoms with E-state index in [-0.39, 0.29) is 128 Å². The molecule has 0 saturated heterocycles. The second kappa shape index (κ2) is 54.5. The summed E-state index contributed by atoms with van der Waals surface area (Å²) in [6.45, 7) is 36.6. The summed E-state index contributed by atoms with van der Waals surface area (Å²) in [5.74, 6) is 3.10. The van der Waals surface area contributed by atoms with Crippen molar-refractivity contribution in [3.8, 4) is 124 Å². The quantitative estimate of drug-likeness (QED) is 0.0658. The average molecular weight is 2520 g/mol. The molecule has 4 atom stereocenters. The molecule has 1 aliphatic rings. The summed E-state index contributed by atoms with van der Waals surface area (Å²) in [6, 6.07) is 108. The van der Waals surface area contributed by atoms with Crippen molar-refractivity contribution in [3.05, 3.63) is 397 Å². The average Bonchev–Trinajstić information content (AvgIpc) is 1.56. The zero-order valence-corrected chi connectivity index (χ0v) is 90.0. The van der Waals surface area contributed by atoms with Gasteiger partial charge in [0.25, 0.3) is 0 Å². The maximum atomic E-state index is 9.39. The molecule has 0 bridgehead atoms. The van der Waals surface area contributed by atoms with Gasteiger partial charge in [-0.1, -0.05) is 219 Å². The largest absolute Gasteiger partial charge is 0.421 e. The molecule has 8 aromatic heterocycles. The van der Waals surface area contributed by atoms with E-state index in [1.165, 1.54) is 100 Å². The van der Waals surface area contributed by atoms with E-state index in [0.29, 0.717) is 30.3 Å². The molecule has 710 valence electrons. The third-order valence-corrected chi connectivity index (χ3v) is 22.4. The van der Waals surface area contributed by atoms with Crippen LogP contribution >= 0.6 is 0 Å². The fraction of sp³-hybridized carbons (Fsp3) is 0.241. The molecule has 0 saturated carbocycles. The van der Waals surface area contributed by atoms with Crippen molar-refractivity contribution < 1.29 is 101 Å². The van der Waals surface area contributed by atoms with E-state index in [1.54, 1.807) is 33.2 Å². The van der Waals surface area contributed by atoms with Crippen LogP contribution in [0.3, 0.4) is 0 Å². The van der Waals surface area contributed by atoms with Crippen molar-refractivity contribution in [1.82, 2.24) is 60.3 Å². The van der Waals surface area contributed by atoms with Crippen LogP contribution in [0.1, 0.15) is 145 Å². The molecule has 18 rings (SSSR count). The molecule has 16 nitrogen and oxygen atoms in total. The van der Waals surface area contributed by atoms with Crippen molar-refractivity contribution in [2.24, 2.45) is 11.8 Å². The SMILES string of the molecule is CC(C)(C)c1n[n-]c(-c2ccccn2)n1.CC(C)C(O)CC(O)C(C)C.CC(O)CC(C)O.Cc1cccc(C)c1-c1ccnc(-c2[c-]cc3c(c2)C(C)(C)c2ccccc2-3)c1.Cc1cccc(C)c1-c1ccnc(-c2[c-]cccc2)c1.Cc1ccccc1-c1ccnc(-c2[c-]cccc2)c1.Cc1ccccc1-c1ccnc(-c2[c-]cccc2)c1.Cc1n[n-]c(-c2ccccn2)n1.[Ir].[Ir].[Ir].[Ir]. The van der Waals surface area contributed by atoms with Crippen LogP contribution < -0.4 is 10.2 Å². The third-order valence-electron chi connectivity index (χ3n) is 22.4. The smallest absolute Gasteiger partial charge is 0.0634 e. The molecule has 1 aliphatic carbocycles. The molecule has 0 spiro atoms. The fourth-order valence-electron chi connectivity index (χ4n) is 15.1. The van der Waals surface area contributed by atoms with Gasteiger partial charge in [0.2, 0.25) is 0 Å². The van der Waals surface area contributed by atoms with Crippen molar-refractivity contribution in [2.45, 2.75) is 173 Å². The van der Waals surface area contributed by atoms with Crippen molar-refractivity contribution >= 4 is 0 Å². The van der Waals surface area contributed by atoms with Crippen LogP contribution in [0.4, 0.5) is 0 Å². The minimum Gasteiger partial charge on any atom is -0.421 e. The Hall–Kier alpha value is -11.4. The number of benzene rings is 9. The number of fused-ring (bicyclic) bond motifs is 3. The molecule has 8 heterocycles. The van der Waals surface area contributed by atoms with Crippen LogP contribution in [0, 0.1) is 84.6 Å². The second-order valence-electron chi connectivity index (χ2n) is 35.2. The first-order valence-electron chi connectivity index (χ1n) is 44.9. The molecule has 0 amide bonds. The molecule has 4 unspecified atom stereocenters. The molecule has 4 radical (unpaired) electrons. The maximum Gasteiger partial charge on any atom is 0.0634 e. The summed E-state index contributed by atoms with van der Waals surface area (Å²) in [4.78, 5) is 34.8. The molecule has 9 aromatic carbocycles. The van der Waals surface area contributed by atoms with Crippen LogP contribution in [0.5, 0.6) is 0 Å². The first-order valence-corrected chi connectivity index (χ1v) is 44.9. The normalized spacial score (nSPS) is 11.9. The molecule has 4 N–H and O–H groups in total. The maximum absolute atomic E-state index is 9.39. The van der Waals surface area contributed by atoms with Gasteiger partial charge in [0.05, 0.1) is 35.8 Å². The first-order chi connectivity index (χ1) is 63.4. The molecular weight excluding hydrogens is 2390 g/mol. The fourth-order valence-corrected chi connectivity index (χ4v) is 15.1. The standard InChI is InChI=1S/C28H24N.C19H16N.2C18H14N.C11H13N4.C9H20O2.C8H7N4.C5H12O2.4Ir/c1-18-8-7-9-19(2)27(18)21-14-15-29-26(17-21)20-12-13-23-22-10-5-6-11-24(22)28(3,4)25(23)16-20;1-14-7-6-8-15(2)19(14)17-11-12-20-18(13-17)16-9-4-3-5-10-16;2*1-14-7-5-6-10-17(14)16-11-12-19-18(13-16)15-8-3-2-4-9-15;1-11(2,3)10-13-9(14-15-10)8-6-4-5-7-12-8;1-6(2)8(10)5-9(11)7(3)4;1-6-10-8(12-11-6)7-4-2-3-5-9-7;1-4(6)3-5(2)7;;;;/h5-11,13-17H,1-4H3;3-9,11-13H,1-2H3;2*2-8,10-13H,1H3;4-7H,1-3H3;6-11H,5H2,1-4H3;2-5H,1H3;4-7H,3H2,1-2H3;;;;/q5*-1;;-1;;;;;. The van der Waals surface area contributed by atoms with E-state index in [0.717, 1.165) is 62.2 Å². The topological polar surface area (TPSA) is 238 Å². The molecule has 17 aromatic rings. The number of hydrogen-bond acceptors (Lipinski definition) is 14. The monoisotopic (exact) mass is 2520 g/mol. The van der Waals surface area contributed by atoms with Crippen LogP contribution in [0.15, 0.2) is 316 Å². The molecule has 0 fully saturated rings. The van der Waals surface area contributed by atoms with E-state index < -0.39 is 0 Å². The summed E-state index contributed by atoms with van der Waals surface area (Å²) in [5, 5.41) is 51.6. The summed E-state index contributed by atoms with van der Waals surface area (Å²) in [5.41, 5.74) is 32.4. The number of aliphatic hydroxyl groups excluding tert-OH is 4. The van der Waals surface area contributed by atoms with E-state index in [1.807, 2.05) is 162 Å². The van der Waals surface area contributed by atoms with Crippen LogP contribution in [0.25, 0.3) is 124 Å². The summed E-state index contributed by atoms with van der Waals surface area (Å²) >= 11 is 0. The van der Waals surface area contributed by atoms with Gasteiger partial charge in [-0.05, 0) is 259 Å². The number of nitrogens with zero attached hydrogens (tertiary/aromatic N) is 12. The number of aryl methyl sites for hydroxylation is 7. The summed E-state index contributed by atoms with van der Waals surface area (Å²) in [7, 11) is 0. The van der Waals surface area contributed by atoms with Gasteiger partial charge in [0.15, 0.2) is 0 Å². The first kappa shape index (κ1) is 112. The predicted molar refractivity (Wildman–Crippen MR) is 537 cm³/mol. The zero-order valence-electron chi connectivity index (χ0n) is 80.4. The minimum absolute atomic E-state index is 0. The second-order valence-corrected chi connectivity index (χ2v) is 35.2. The minimum atomic E-state index is -0.375. The number of hydrogen-bond donors (Lipinski definition) is 4. The molecule has 136 heavy (non-hydrogen) atoms. The Balaban J connectivity index is 0.000000217. The van der Waals surface area contributed by atoms with Crippen LogP contribution in [0.2, 0.25) is 0 Å². The molecule has 0 aliphatic heterocycles. The van der Waals surface area contributed by atoms with Crippen LogP contribution in [-0.4, -0.2) is 94.9 Å². The predicted octanol–water partition coefficient (Wildman–Crippen LogP) is 25.2. The van der Waals surface area contributed by atoms with Gasteiger partial charge in [-0.2, -0.15) is 0 Å². The van der Waals surface area contributed by atoms with Gasteiger partial charge < -0.3 is 60.5 Å². The van der Waals surface area contributed by atoms with Crippen LogP contribution in [-0.2, 0) is 91.3 Å². The number of aliphatic hydroxyl groups is 4. The van der Waals surface area contributed by atoms with Gasteiger partial charge in [0.1, 0.15) is 0 Å². The number of rotatable bonds is 16. The Bertz CT molecular complexity index is 6290. The van der Waals surface area contributed by atoms with Gasteiger partial charge in [0, 0.05) is 135 Å². The van der Waals surface area contributed by atoms with E-state index in [4.69, 9.17) is 10.2 Å². The van der Waals surface area contributed by atoms with Crippen molar-refractivity contribution in [2.75, 3.05) is 0 Å². The Kier molecular flexibility index (Phi) is 44.7. The Morgan fingerprint density at radius 3 is 1.03 bits per heavy atom. The van der Waals surface area contributed by atoms with E-state index in [9.17, 15) is 10.2 Å². The van der Waals surface area contributed by atoms with Gasteiger partial charge in [-0.3, -0.25) is 20.2 Å². The molecule has 20 heteroatoms. The Morgan fingerprint density at radius 2 is 0.676 bits per heavy atom. The number of pyridine rings is 6. The zero-order chi connectivity index (χ0) is 94.4. The Labute approximate surface area is 858 Å². The van der Waals surface area contributed by atoms with Gasteiger partial charge in [-0.15, -0.1) is 137 Å². The Morgan fingerprint density at radius 1 is 0.324 bits per heavy atom. The van der Waals surface area contributed by atoms with Gasteiger partial charge in [-0.25, -0.2) is 0 Å². The van der Waals surface area contributed by atoms with Gasteiger partial charge >= 0.3 is 0 Å². The van der Waals surface area contributed by atoms with E-state index >= 15 is 0 Å². The van der Waals surface area contributed by atoms with Crippen molar-refractivity contribution in [3.63, 3.8) is 0 Å². The van der Waals surface area contributed by atoms with E-state index in [2.05, 4.69) is 331 Å². The number of aromatic nitrogens is 12. The van der Waals surface area contributed by atoms with Crippen molar-refractivity contribution in [1.29, 1.82) is 0 Å².